The molecule has 312 valence electrons. The number of phosphoric acid groups is 2. The molecule has 2 aliphatic heterocycles. The maximum absolute atomic E-state index is 11.9. The minimum Gasteiger partial charge on any atom is -0.780 e. The van der Waals surface area contributed by atoms with Crippen LogP contribution in [0.5, 0.6) is 11.5 Å². The largest absolute Gasteiger partial charge is 1.00 e. The number of hydrogen-bond acceptors (Lipinski definition) is 12. The Morgan fingerprint density at radius 1 is 0.623 bits per heavy atom. The number of alkyl halides is 2. The molecule has 24 heteroatoms. The molecule has 0 radical (unpaired) electrons. The molecule has 2 aromatic rings. The molecule has 8 bridgehead atoms. The van der Waals surface area contributed by atoms with Crippen LogP contribution in [-0.2, 0) is 49.7 Å². The fourth-order valence-electron chi connectivity index (χ4n) is 12.8. The molecular weight excluding hydrogens is 964 g/mol. The van der Waals surface area contributed by atoms with Gasteiger partial charge in [-0.3, -0.25) is 9.79 Å². The molecule has 8 aliphatic carbocycles. The van der Waals surface area contributed by atoms with Gasteiger partial charge in [0.15, 0.2) is 17.0 Å². The molecule has 6 atom stereocenters. The average molecular weight is 1000 g/mol. The summed E-state index contributed by atoms with van der Waals surface area (Å²) >= 11 is 26.9. The average Bonchev–Trinajstić information content (AvgIpc) is 3.06. The number of phosphoric ester groups is 2. The minimum absolute atomic E-state index is 0. The van der Waals surface area contributed by atoms with E-state index in [0.717, 1.165) is 38.5 Å². The van der Waals surface area contributed by atoms with E-state index < -0.39 is 38.4 Å². The third kappa shape index (κ3) is 8.91. The van der Waals surface area contributed by atoms with Crippen LogP contribution in [0.25, 0.3) is 0 Å². The van der Waals surface area contributed by atoms with E-state index >= 15 is 0 Å². The van der Waals surface area contributed by atoms with E-state index in [-0.39, 0.29) is 193 Å². The van der Waals surface area contributed by atoms with Crippen molar-refractivity contribution in [3.05, 3.63) is 57.6 Å². The van der Waals surface area contributed by atoms with Gasteiger partial charge in [0, 0.05) is 20.9 Å². The van der Waals surface area contributed by atoms with Crippen LogP contribution in [-0.4, -0.2) is 44.0 Å². The number of benzene rings is 2. The quantitative estimate of drug-likeness (QED) is 0.0677. The molecule has 2 saturated heterocycles. The smallest absolute Gasteiger partial charge is 0.780 e. The SMILES string of the molecule is O=P([O-])([O-])Oc1cc(C2(OCCCOC3(c4ccc(Cl)c(OP(=O)(O)O)c4)OOC34C3CC5CC4CC(Cl)(C5)C3)OOC23C2CC4CC3CC(Cl)(C4)C2)ccc1Cl.[Na+].[Na+].[Na+].[Na+]. The van der Waals surface area contributed by atoms with Gasteiger partial charge in [0.1, 0.15) is 13.6 Å². The number of hydrogen-bond donors (Lipinski definition) is 2. The minimum atomic E-state index is -5.48. The number of rotatable bonds is 12. The summed E-state index contributed by atoms with van der Waals surface area (Å²) in [5, 5.41) is -0.0997. The van der Waals surface area contributed by atoms with Crippen molar-refractivity contribution in [1.29, 1.82) is 0 Å². The summed E-state index contributed by atoms with van der Waals surface area (Å²) in [6, 6.07) is 8.98. The van der Waals surface area contributed by atoms with Gasteiger partial charge in [0.2, 0.25) is 0 Å². The predicted octanol–water partition coefficient (Wildman–Crippen LogP) is -4.85. The summed E-state index contributed by atoms with van der Waals surface area (Å²) < 4.78 is 46.9. The Balaban J connectivity index is 0.00000156. The molecule has 61 heavy (non-hydrogen) atoms. The van der Waals surface area contributed by atoms with E-state index in [0.29, 0.717) is 48.6 Å². The van der Waals surface area contributed by atoms with Gasteiger partial charge < -0.3 is 32.9 Å². The van der Waals surface area contributed by atoms with Crippen molar-refractivity contribution in [2.45, 2.75) is 103 Å². The van der Waals surface area contributed by atoms with Crippen molar-refractivity contribution < 1.29 is 185 Å². The third-order valence-corrected chi connectivity index (χ3v) is 16.6. The van der Waals surface area contributed by atoms with E-state index in [2.05, 4.69) is 0 Å². The number of halogens is 4. The molecule has 8 saturated carbocycles. The first-order valence-electron chi connectivity index (χ1n) is 19.3. The van der Waals surface area contributed by atoms with E-state index in [1.165, 1.54) is 24.3 Å². The van der Waals surface area contributed by atoms with Crippen molar-refractivity contribution in [3.63, 3.8) is 0 Å². The second-order valence-corrected chi connectivity index (χ2v) is 22.3. The Hall–Kier alpha value is 3.26. The van der Waals surface area contributed by atoms with Gasteiger partial charge in [-0.25, -0.2) is 14.3 Å². The Labute approximate surface area is 461 Å². The molecule has 10 fully saturated rings. The first-order chi connectivity index (χ1) is 26.8. The molecule has 2 spiro atoms. The molecular formula is C37H40Cl4Na4O14P2+2. The molecule has 10 aliphatic rings. The zero-order valence-electron chi connectivity index (χ0n) is 34.3. The van der Waals surface area contributed by atoms with Crippen LogP contribution in [0.2, 0.25) is 10.0 Å². The topological polar surface area (TPSA) is 195 Å². The monoisotopic (exact) mass is 1000 g/mol. The standard InChI is InChI=1S/C37H42Cl4O14P2.4Na/c38-28-4-2-22(12-30(28)50-56(42,43)44)36(34(52-54-36)24-8-20-9-25(34)17-32(40,14-20)16-24)48-6-1-7-49-37(23-3-5-29(39)31(13-23)51-57(45,46)47)35(53-55-37)26-10-21-11-27(35)19-33(41,15-21)18-26;;;;/h2-5,12-13,20-21,24-27H,1,6-11,14-19H2,(H2,42,43,44)(H2,45,46,47);;;;/q;4*+1/p-2. The fraction of sp³-hybridized carbons (Fsp3) is 0.676. The van der Waals surface area contributed by atoms with Gasteiger partial charge in [-0.2, -0.15) is 9.78 Å². The molecule has 2 aromatic carbocycles. The van der Waals surface area contributed by atoms with Crippen LogP contribution in [0, 0.1) is 35.5 Å². The maximum atomic E-state index is 11.9. The van der Waals surface area contributed by atoms with Crippen molar-refractivity contribution >= 4 is 62.0 Å². The second kappa shape index (κ2) is 18.8. The summed E-state index contributed by atoms with van der Waals surface area (Å²) in [7, 11) is -10.5. The Bertz CT molecular complexity index is 1930. The normalized spacial score (nSPS) is 40.9. The second-order valence-electron chi connectivity index (χ2n) is 17.6. The molecule has 2 N–H and O–H groups in total. The molecule has 0 aromatic heterocycles. The molecule has 12 rings (SSSR count). The van der Waals surface area contributed by atoms with Crippen molar-refractivity contribution in [3.8, 4) is 11.5 Å². The third-order valence-electron chi connectivity index (χ3n) is 14.2. The van der Waals surface area contributed by atoms with Crippen LogP contribution in [0.4, 0.5) is 0 Å². The first-order valence-corrected chi connectivity index (χ1v) is 23.8. The van der Waals surface area contributed by atoms with Crippen LogP contribution < -0.4 is 137 Å². The maximum Gasteiger partial charge on any atom is 1.00 e. The van der Waals surface area contributed by atoms with E-state index in [4.69, 9.17) is 84.5 Å². The Kier molecular flexibility index (Phi) is 16.5. The summed E-state index contributed by atoms with van der Waals surface area (Å²) in [5.41, 5.74) is -1.14. The van der Waals surface area contributed by atoms with Crippen LogP contribution >= 0.6 is 62.0 Å². The van der Waals surface area contributed by atoms with Gasteiger partial charge in [-0.15, -0.1) is 23.2 Å². The van der Waals surface area contributed by atoms with Crippen molar-refractivity contribution in [1.82, 2.24) is 0 Å². The van der Waals surface area contributed by atoms with Gasteiger partial charge in [-0.1, -0.05) is 35.3 Å². The summed E-state index contributed by atoms with van der Waals surface area (Å²) in [5.74, 6) is -2.95. The summed E-state index contributed by atoms with van der Waals surface area (Å²) in [4.78, 5) is 66.5. The van der Waals surface area contributed by atoms with Crippen LogP contribution in [0.1, 0.15) is 81.8 Å². The van der Waals surface area contributed by atoms with Gasteiger partial charge in [0.25, 0.3) is 11.6 Å². The van der Waals surface area contributed by atoms with Crippen molar-refractivity contribution in [2.24, 2.45) is 35.5 Å². The molecule has 2 heterocycles. The van der Waals surface area contributed by atoms with Gasteiger partial charge >= 0.3 is 126 Å². The van der Waals surface area contributed by atoms with E-state index in [9.17, 15) is 28.7 Å². The molecule has 14 nitrogen and oxygen atoms in total. The van der Waals surface area contributed by atoms with Gasteiger partial charge in [-0.05, 0) is 130 Å². The van der Waals surface area contributed by atoms with Crippen molar-refractivity contribution in [2.75, 3.05) is 13.2 Å². The zero-order chi connectivity index (χ0) is 40.0. The fourth-order valence-corrected chi connectivity index (χ4v) is 15.2. The van der Waals surface area contributed by atoms with E-state index in [1.807, 2.05) is 0 Å². The number of ether oxygens (including phenoxy) is 2. The van der Waals surface area contributed by atoms with Gasteiger partial charge in [0.05, 0.1) is 23.3 Å². The van der Waals surface area contributed by atoms with Crippen LogP contribution in [0.3, 0.4) is 0 Å². The first kappa shape index (κ1) is 53.6. The molecule has 0 amide bonds. The molecule has 6 unspecified atom stereocenters. The van der Waals surface area contributed by atoms with Crippen LogP contribution in [0.15, 0.2) is 36.4 Å². The predicted molar refractivity (Wildman–Crippen MR) is 198 cm³/mol. The van der Waals surface area contributed by atoms with E-state index in [1.54, 1.807) is 12.1 Å². The summed E-state index contributed by atoms with van der Waals surface area (Å²) in [6.45, 7) is 0.114. The summed E-state index contributed by atoms with van der Waals surface area (Å²) in [6.07, 6.45) is 8.28. The Morgan fingerprint density at radius 2 is 1.00 bits per heavy atom. The Morgan fingerprint density at radius 3 is 1.31 bits per heavy atom. The zero-order valence-corrected chi connectivity index (χ0v) is 47.1.